The second kappa shape index (κ2) is 3.52. The number of hydrogen-bond acceptors (Lipinski definition) is 2. The zero-order valence-electron chi connectivity index (χ0n) is 5.16. The fraction of sp³-hybridized carbons (Fsp3) is 0. The van der Waals surface area contributed by atoms with E-state index in [0.717, 1.165) is 5.52 Å². The monoisotopic (exact) mass is 372 g/mol. The summed E-state index contributed by atoms with van der Waals surface area (Å²) in [5.41, 5.74) is 3.87. The molecule has 0 saturated heterocycles. The Morgan fingerprint density at radius 3 is 2.90 bits per heavy atom. The van der Waals surface area contributed by atoms with E-state index < -0.39 is 0 Å². The smallest absolute Gasteiger partial charge is 0 e. The van der Waals surface area contributed by atoms with Crippen LogP contribution >= 0.6 is 11.3 Å². The van der Waals surface area contributed by atoms with Crippen molar-refractivity contribution >= 4 is 21.6 Å². The van der Waals surface area contributed by atoms with Gasteiger partial charge >= 0.3 is 0 Å². The zero-order chi connectivity index (χ0) is 6.10. The number of aromatic nitrogens is 1. The first-order valence-electron chi connectivity index (χ1n) is 2.68. The summed E-state index contributed by atoms with van der Waals surface area (Å²) in [5, 5.41) is 0. The summed E-state index contributed by atoms with van der Waals surface area (Å²) in [5.74, 6) is 0. The van der Waals surface area contributed by atoms with E-state index in [2.05, 4.69) is 10.5 Å². The van der Waals surface area contributed by atoms with Crippen molar-refractivity contribution in [3.63, 3.8) is 0 Å². The summed E-state index contributed by atoms with van der Waals surface area (Å²) in [4.78, 5) is 4.01. The van der Waals surface area contributed by atoms with E-state index >= 15 is 0 Å². The molecule has 0 aliphatic carbocycles. The molecule has 0 atom stereocenters. The Morgan fingerprint density at radius 1 is 1.30 bits per heavy atom. The van der Waals surface area contributed by atoms with Crippen LogP contribution in [0.4, 0.5) is 0 Å². The molecular weight excluding hydrogens is 368 g/mol. The van der Waals surface area contributed by atoms with Crippen molar-refractivity contribution < 1.29 is 31.1 Å². The Morgan fingerprint density at radius 2 is 2.10 bits per heavy atom. The second-order valence-corrected chi connectivity index (χ2v) is 2.60. The number of benzene rings is 1. The molecule has 0 spiro atoms. The van der Waals surface area contributed by atoms with E-state index in [1.54, 1.807) is 11.3 Å². The van der Waals surface area contributed by atoms with Gasteiger partial charge < -0.3 is 4.98 Å². The number of para-hydroxylation sites is 1. The molecule has 3 heteroatoms. The molecule has 0 amide bonds. The van der Waals surface area contributed by atoms with Gasteiger partial charge in [0.1, 0.15) is 0 Å². The van der Waals surface area contributed by atoms with Crippen molar-refractivity contribution in [3.8, 4) is 0 Å². The van der Waals surface area contributed by atoms with E-state index in [1.165, 1.54) is 4.70 Å². The third-order valence-corrected chi connectivity index (χ3v) is 1.93. The van der Waals surface area contributed by atoms with Gasteiger partial charge in [0, 0.05) is 31.1 Å². The fourth-order valence-corrected chi connectivity index (χ4v) is 1.36. The summed E-state index contributed by atoms with van der Waals surface area (Å²) in [7, 11) is 0. The van der Waals surface area contributed by atoms with Crippen molar-refractivity contribution in [2.45, 2.75) is 0 Å². The van der Waals surface area contributed by atoms with Gasteiger partial charge in [-0.1, -0.05) is 17.6 Å². The summed E-state index contributed by atoms with van der Waals surface area (Å²) in [6, 6.07) is 8.02. The van der Waals surface area contributed by atoms with E-state index in [-0.39, 0.29) is 31.1 Å². The fourth-order valence-electron chi connectivity index (χ4n) is 0.757. The molecule has 0 aliphatic rings. The van der Waals surface area contributed by atoms with Crippen molar-refractivity contribution in [1.29, 1.82) is 0 Å². The molecule has 0 bridgehead atoms. The SMILES string of the molecule is [U].[c-]1nc2ccccc2s1. The molecular formula is C7H4NSU-. The van der Waals surface area contributed by atoms with Crippen LogP contribution in [0.5, 0.6) is 0 Å². The van der Waals surface area contributed by atoms with Gasteiger partial charge in [0.15, 0.2) is 0 Å². The Labute approximate surface area is 86.9 Å². The normalized spacial score (nSPS) is 9.20. The van der Waals surface area contributed by atoms with E-state index in [4.69, 9.17) is 0 Å². The van der Waals surface area contributed by atoms with Crippen LogP contribution in [0.3, 0.4) is 0 Å². The Kier molecular flexibility index (Phi) is 2.91. The van der Waals surface area contributed by atoms with Crippen LogP contribution in [0.25, 0.3) is 10.2 Å². The van der Waals surface area contributed by atoms with Crippen LogP contribution in [-0.2, 0) is 0 Å². The van der Waals surface area contributed by atoms with Crippen molar-refractivity contribution in [2.24, 2.45) is 0 Å². The minimum absolute atomic E-state index is 0. The molecule has 0 saturated carbocycles. The second-order valence-electron chi connectivity index (χ2n) is 1.77. The maximum absolute atomic E-state index is 4.01. The third kappa shape index (κ3) is 1.42. The molecule has 2 aromatic rings. The summed E-state index contributed by atoms with van der Waals surface area (Å²) in [6.45, 7) is 0. The van der Waals surface area contributed by atoms with Crippen molar-refractivity contribution in [2.75, 3.05) is 0 Å². The molecule has 48 valence electrons. The molecule has 0 radical (unpaired) electrons. The van der Waals surface area contributed by atoms with Gasteiger partial charge in [0.25, 0.3) is 0 Å². The first kappa shape index (κ1) is 8.26. The molecule has 0 unspecified atom stereocenters. The molecule has 2 rings (SSSR count). The molecule has 10 heavy (non-hydrogen) atoms. The van der Waals surface area contributed by atoms with Crippen LogP contribution in [-0.4, -0.2) is 4.98 Å². The molecule has 0 fully saturated rings. The van der Waals surface area contributed by atoms with Crippen LogP contribution in [0.15, 0.2) is 24.3 Å². The molecule has 1 aromatic heterocycles. The largest absolute Gasteiger partial charge is 0.386 e. The van der Waals surface area contributed by atoms with E-state index in [9.17, 15) is 0 Å². The minimum Gasteiger partial charge on any atom is -0.386 e. The average Bonchev–Trinajstić information content (AvgIpc) is 2.33. The number of rotatable bonds is 0. The van der Waals surface area contributed by atoms with Gasteiger partial charge in [0.05, 0.1) is 0 Å². The molecule has 0 aliphatic heterocycles. The van der Waals surface area contributed by atoms with E-state index in [1.807, 2.05) is 24.3 Å². The Bertz CT molecular complexity index is 288. The van der Waals surface area contributed by atoms with Gasteiger partial charge in [-0.2, -0.15) is 0 Å². The average molecular weight is 372 g/mol. The summed E-state index contributed by atoms with van der Waals surface area (Å²) >= 11 is 1.55. The zero-order valence-corrected chi connectivity index (χ0v) is 10.1. The number of thiazole rings is 1. The van der Waals surface area contributed by atoms with Crippen molar-refractivity contribution in [3.05, 3.63) is 29.8 Å². The van der Waals surface area contributed by atoms with E-state index in [0.29, 0.717) is 0 Å². The first-order chi connectivity index (χ1) is 4.47. The predicted molar refractivity (Wildman–Crippen MR) is 38.5 cm³/mol. The Hall–Kier alpha value is 0.162. The van der Waals surface area contributed by atoms with Gasteiger partial charge in [0.2, 0.25) is 0 Å². The quantitative estimate of drug-likeness (QED) is 0.646. The number of nitrogens with zero attached hydrogens (tertiary/aromatic N) is 1. The van der Waals surface area contributed by atoms with Gasteiger partial charge in [-0.25, -0.2) is 0 Å². The van der Waals surface area contributed by atoms with Gasteiger partial charge in [-0.15, -0.1) is 16.8 Å². The molecule has 1 aromatic carbocycles. The van der Waals surface area contributed by atoms with Crippen LogP contribution in [0.2, 0.25) is 0 Å². The summed E-state index contributed by atoms with van der Waals surface area (Å²) in [6.07, 6.45) is 0. The minimum atomic E-state index is 0. The van der Waals surface area contributed by atoms with Gasteiger partial charge in [-0.05, 0) is 5.51 Å². The standard InChI is InChI=1S/C7H4NS.U/c1-2-4-7-6(3-1)8-5-9-7;/h1-4H;/q-1;. The number of hydrogen-bond donors (Lipinski definition) is 0. The molecule has 0 N–H and O–H groups in total. The third-order valence-electron chi connectivity index (χ3n) is 1.19. The molecule has 1 nitrogen and oxygen atoms in total. The van der Waals surface area contributed by atoms with Crippen LogP contribution in [0, 0.1) is 36.6 Å². The van der Waals surface area contributed by atoms with Crippen LogP contribution in [0.1, 0.15) is 0 Å². The Balaban J connectivity index is 0.000000500. The summed E-state index contributed by atoms with van der Waals surface area (Å²) < 4.78 is 1.21. The maximum atomic E-state index is 4.01. The number of fused-ring (bicyclic) bond motifs is 1. The topological polar surface area (TPSA) is 12.9 Å². The predicted octanol–water partition coefficient (Wildman–Crippen LogP) is 2.10. The maximum Gasteiger partial charge on any atom is 0 e. The molecule has 1 heterocycles. The van der Waals surface area contributed by atoms with Gasteiger partial charge in [-0.3, -0.25) is 11.3 Å². The van der Waals surface area contributed by atoms with Crippen LogP contribution < -0.4 is 0 Å². The van der Waals surface area contributed by atoms with Crippen molar-refractivity contribution in [1.82, 2.24) is 4.98 Å². The first-order valence-corrected chi connectivity index (χ1v) is 3.50.